The number of alkyl halides is 4. The van der Waals surface area contributed by atoms with Gasteiger partial charge in [0.1, 0.15) is 0 Å². The van der Waals surface area contributed by atoms with E-state index in [-0.39, 0.29) is 16.3 Å². The Morgan fingerprint density at radius 3 is 2.54 bits per heavy atom. The molecule has 1 aromatic carbocycles. The van der Waals surface area contributed by atoms with E-state index in [9.17, 15) is 13.2 Å². The van der Waals surface area contributed by atoms with Crippen LogP contribution in [0.5, 0.6) is 0 Å². The molecule has 0 saturated heterocycles. The highest BCUT2D eigenvalue weighted by Gasteiger charge is 2.64. The van der Waals surface area contributed by atoms with Crippen molar-refractivity contribution in [2.75, 3.05) is 0 Å². The van der Waals surface area contributed by atoms with Crippen molar-refractivity contribution >= 4 is 28.9 Å². The van der Waals surface area contributed by atoms with E-state index in [1.807, 2.05) is 26.0 Å². The summed E-state index contributed by atoms with van der Waals surface area (Å²) < 4.78 is 42.3. The van der Waals surface area contributed by atoms with Crippen LogP contribution in [0.25, 0.3) is 0 Å². The minimum absolute atomic E-state index is 0.0000774. The number of hydrogen-bond donors (Lipinski definition) is 0. The zero-order valence-corrected chi connectivity index (χ0v) is 16.0. The van der Waals surface area contributed by atoms with Crippen LogP contribution in [0.1, 0.15) is 30.0 Å². The third-order valence-electron chi connectivity index (χ3n) is 5.07. The topological polar surface area (TPSA) is 21.6 Å². The summed E-state index contributed by atoms with van der Waals surface area (Å²) in [7, 11) is 0. The van der Waals surface area contributed by atoms with Crippen molar-refractivity contribution in [1.29, 1.82) is 0 Å². The van der Waals surface area contributed by atoms with Crippen LogP contribution in [-0.4, -0.2) is 22.9 Å². The summed E-state index contributed by atoms with van der Waals surface area (Å²) in [6.07, 6.45) is -2.25. The van der Waals surface area contributed by atoms with Gasteiger partial charge in [0, 0.05) is 17.4 Å². The fourth-order valence-electron chi connectivity index (χ4n) is 3.26. The van der Waals surface area contributed by atoms with Gasteiger partial charge in [-0.1, -0.05) is 35.8 Å². The summed E-state index contributed by atoms with van der Waals surface area (Å²) in [5, 5.41) is 3.34. The average molecular weight is 404 g/mol. The molecule has 0 aromatic heterocycles. The van der Waals surface area contributed by atoms with E-state index in [2.05, 4.69) is 5.16 Å². The zero-order valence-electron chi connectivity index (χ0n) is 14.5. The number of oxime groups is 1. The first kappa shape index (κ1) is 19.3. The van der Waals surface area contributed by atoms with Gasteiger partial charge in [-0.3, -0.25) is 0 Å². The minimum Gasteiger partial charge on any atom is -0.374 e. The van der Waals surface area contributed by atoms with Crippen molar-refractivity contribution in [3.05, 3.63) is 57.6 Å². The lowest BCUT2D eigenvalue weighted by atomic mass is 9.77. The molecule has 1 heterocycles. The summed E-state index contributed by atoms with van der Waals surface area (Å²) in [5.74, 6) is -0.588. The maximum absolute atomic E-state index is 14.1. The van der Waals surface area contributed by atoms with Crippen LogP contribution in [0.3, 0.4) is 0 Å². The Hall–Kier alpha value is -1.46. The minimum atomic E-state index is -4.66. The van der Waals surface area contributed by atoms with E-state index in [0.29, 0.717) is 5.56 Å². The monoisotopic (exact) mass is 403 g/mol. The number of aryl methyl sites for hydroxylation is 2. The molecule has 26 heavy (non-hydrogen) atoms. The first-order valence-corrected chi connectivity index (χ1v) is 8.99. The highest BCUT2D eigenvalue weighted by atomic mass is 35.5. The average Bonchev–Trinajstić information content (AvgIpc) is 3.00. The quantitative estimate of drug-likeness (QED) is 0.551. The third-order valence-corrected chi connectivity index (χ3v) is 5.81. The summed E-state index contributed by atoms with van der Waals surface area (Å²) >= 11 is 12.2. The number of halogens is 5. The lowest BCUT2D eigenvalue weighted by Gasteiger charge is -2.37. The normalized spacial score (nSPS) is 29.0. The molecule has 3 rings (SSSR count). The van der Waals surface area contributed by atoms with Crippen LogP contribution in [0, 0.1) is 19.8 Å². The van der Waals surface area contributed by atoms with Gasteiger partial charge < -0.3 is 4.84 Å². The largest absolute Gasteiger partial charge is 0.435 e. The molecule has 1 aliphatic heterocycles. The molecule has 0 amide bonds. The molecule has 140 valence electrons. The van der Waals surface area contributed by atoms with Crippen molar-refractivity contribution < 1.29 is 18.0 Å². The van der Waals surface area contributed by atoms with Gasteiger partial charge in [0.05, 0.1) is 11.1 Å². The summed E-state index contributed by atoms with van der Waals surface area (Å²) in [6, 6.07) is 5.43. The lowest BCUT2D eigenvalue weighted by Crippen LogP contribution is -2.50. The fourth-order valence-corrected chi connectivity index (χ4v) is 3.85. The smallest absolute Gasteiger partial charge is 0.374 e. The van der Waals surface area contributed by atoms with Crippen molar-refractivity contribution in [3.8, 4) is 0 Å². The second-order valence-corrected chi connectivity index (χ2v) is 7.75. The predicted octanol–water partition coefficient (Wildman–Crippen LogP) is 6.04. The number of benzene rings is 1. The molecular formula is C19H18Cl2F3NO. The van der Waals surface area contributed by atoms with Gasteiger partial charge in [0.25, 0.3) is 5.60 Å². The van der Waals surface area contributed by atoms with Crippen molar-refractivity contribution in [2.24, 2.45) is 11.1 Å². The van der Waals surface area contributed by atoms with E-state index >= 15 is 0 Å². The molecule has 2 aliphatic rings. The third kappa shape index (κ3) is 3.16. The van der Waals surface area contributed by atoms with E-state index in [0.717, 1.165) is 11.1 Å². The second kappa shape index (κ2) is 6.61. The van der Waals surface area contributed by atoms with Gasteiger partial charge >= 0.3 is 6.18 Å². The van der Waals surface area contributed by atoms with Gasteiger partial charge in [-0.15, -0.1) is 11.6 Å². The first-order chi connectivity index (χ1) is 12.0. The first-order valence-electron chi connectivity index (χ1n) is 8.18. The van der Waals surface area contributed by atoms with E-state index in [4.69, 9.17) is 28.0 Å². The van der Waals surface area contributed by atoms with Gasteiger partial charge in [-0.05, 0) is 54.3 Å². The van der Waals surface area contributed by atoms with Crippen LogP contribution in [0.2, 0.25) is 0 Å². The van der Waals surface area contributed by atoms with Gasteiger partial charge in [-0.25, -0.2) is 0 Å². The van der Waals surface area contributed by atoms with E-state index in [1.54, 1.807) is 13.0 Å². The molecule has 1 aliphatic carbocycles. The second-order valence-electron chi connectivity index (χ2n) is 6.81. The number of hydrogen-bond acceptors (Lipinski definition) is 2. The van der Waals surface area contributed by atoms with Crippen LogP contribution in [0.4, 0.5) is 13.2 Å². The number of allylic oxidation sites excluding steroid dienone is 3. The SMILES string of the molecule is Cc1ccc(C2=NOC(C3=CC(Cl)=CC(Cl)C3C)(C(F)(F)F)C2)cc1C. The van der Waals surface area contributed by atoms with Crippen molar-refractivity contribution in [3.63, 3.8) is 0 Å². The predicted molar refractivity (Wildman–Crippen MR) is 97.8 cm³/mol. The highest BCUT2D eigenvalue weighted by molar-refractivity contribution is 6.32. The number of nitrogens with zero attached hydrogens (tertiary/aromatic N) is 1. The van der Waals surface area contributed by atoms with Crippen LogP contribution in [-0.2, 0) is 4.84 Å². The molecule has 1 aromatic rings. The lowest BCUT2D eigenvalue weighted by molar-refractivity contribution is -0.255. The summed E-state index contributed by atoms with van der Waals surface area (Å²) in [6.45, 7) is 5.48. The molecule has 7 heteroatoms. The highest BCUT2D eigenvalue weighted by Crippen LogP contribution is 2.51. The Bertz CT molecular complexity index is 829. The molecule has 0 radical (unpaired) electrons. The zero-order chi connectivity index (χ0) is 19.3. The Labute approximate surface area is 160 Å². The Morgan fingerprint density at radius 2 is 1.92 bits per heavy atom. The standard InChI is InChI=1S/C19H18Cl2F3NO/c1-10-4-5-13(6-11(10)2)17-9-18(26-25-17,19(22,23)24)15-7-14(20)8-16(21)12(15)3/h4-8,12,16H,9H2,1-3H3. The van der Waals surface area contributed by atoms with Crippen LogP contribution < -0.4 is 0 Å². The van der Waals surface area contributed by atoms with Gasteiger partial charge in [0.2, 0.25) is 0 Å². The van der Waals surface area contributed by atoms with Gasteiger partial charge in [-0.2, -0.15) is 13.2 Å². The molecule has 0 spiro atoms. The molecule has 0 bridgehead atoms. The van der Waals surface area contributed by atoms with Crippen LogP contribution in [0.15, 0.2) is 46.1 Å². The van der Waals surface area contributed by atoms with Crippen molar-refractivity contribution in [1.82, 2.24) is 0 Å². The molecule has 2 nitrogen and oxygen atoms in total. The molecular weight excluding hydrogens is 386 g/mol. The Morgan fingerprint density at radius 1 is 1.23 bits per heavy atom. The molecule has 0 N–H and O–H groups in total. The molecule has 3 atom stereocenters. The van der Waals surface area contributed by atoms with Crippen molar-refractivity contribution in [2.45, 2.75) is 44.3 Å². The summed E-state index contributed by atoms with van der Waals surface area (Å²) in [5.41, 5.74) is 0.359. The molecule has 0 fully saturated rings. The molecule has 3 unspecified atom stereocenters. The summed E-state index contributed by atoms with van der Waals surface area (Å²) in [4.78, 5) is 5.10. The van der Waals surface area contributed by atoms with Gasteiger partial charge in [0.15, 0.2) is 0 Å². The maximum atomic E-state index is 14.1. The van der Waals surface area contributed by atoms with E-state index in [1.165, 1.54) is 12.2 Å². The Kier molecular flexibility index (Phi) is 4.91. The number of rotatable bonds is 2. The molecule has 0 saturated carbocycles. The van der Waals surface area contributed by atoms with Crippen LogP contribution >= 0.6 is 23.2 Å². The Balaban J connectivity index is 2.03. The van der Waals surface area contributed by atoms with E-state index < -0.39 is 29.5 Å². The maximum Gasteiger partial charge on any atom is 0.435 e. The fraction of sp³-hybridized carbons (Fsp3) is 0.421.